The average Bonchev–Trinajstić information content (AvgIpc) is 2.37. The summed E-state index contributed by atoms with van der Waals surface area (Å²) in [5.41, 5.74) is -5.34. The lowest BCUT2D eigenvalue weighted by Gasteiger charge is -2.22. The molecular formula is C13H19F3N2O2S. The fraction of sp³-hybridized carbons (Fsp3) is 0.538. The lowest BCUT2D eigenvalue weighted by Crippen LogP contribution is -2.31. The Morgan fingerprint density at radius 2 is 1.81 bits per heavy atom. The minimum Gasteiger partial charge on any atom is -0.383 e. The van der Waals surface area contributed by atoms with Crippen LogP contribution in [0.1, 0.15) is 13.8 Å². The Hall–Kier alpha value is -1.28. The van der Waals surface area contributed by atoms with Gasteiger partial charge in [0.1, 0.15) is 0 Å². The van der Waals surface area contributed by atoms with Crippen LogP contribution in [0.5, 0.6) is 0 Å². The van der Waals surface area contributed by atoms with Crippen molar-refractivity contribution in [2.45, 2.75) is 30.3 Å². The van der Waals surface area contributed by atoms with Gasteiger partial charge in [-0.15, -0.1) is 0 Å². The molecular weight excluding hydrogens is 305 g/mol. The Kier molecular flexibility index (Phi) is 5.63. The van der Waals surface area contributed by atoms with Crippen LogP contribution in [-0.4, -0.2) is 45.0 Å². The normalized spacial score (nSPS) is 13.0. The molecule has 0 saturated heterocycles. The molecule has 0 atom stereocenters. The Morgan fingerprint density at radius 3 is 2.33 bits per heavy atom. The summed E-state index contributed by atoms with van der Waals surface area (Å²) in [7, 11) is -3.47. The second-order valence-electron chi connectivity index (χ2n) is 4.95. The molecule has 0 aromatic heterocycles. The fourth-order valence-electron chi connectivity index (χ4n) is 1.60. The van der Waals surface area contributed by atoms with E-state index in [0.29, 0.717) is 19.1 Å². The van der Waals surface area contributed by atoms with E-state index in [4.69, 9.17) is 0 Å². The third kappa shape index (κ3) is 4.34. The van der Waals surface area contributed by atoms with Crippen LogP contribution >= 0.6 is 0 Å². The molecule has 0 spiro atoms. The molecule has 0 aliphatic rings. The number of nitrogens with one attached hydrogen (secondary N) is 1. The molecule has 1 rings (SSSR count). The maximum Gasteiger partial charge on any atom is 0.501 e. The van der Waals surface area contributed by atoms with Gasteiger partial charge in [0.2, 0.25) is 0 Å². The summed E-state index contributed by atoms with van der Waals surface area (Å²) in [5.74, 6) is 0. The van der Waals surface area contributed by atoms with Gasteiger partial charge in [0.05, 0.1) is 10.6 Å². The van der Waals surface area contributed by atoms with Crippen molar-refractivity contribution in [3.63, 3.8) is 0 Å². The Bertz CT molecular complexity index is 571. The number of rotatable bonds is 6. The Balaban J connectivity index is 2.92. The molecule has 0 fully saturated rings. The van der Waals surface area contributed by atoms with Crippen LogP contribution in [0.4, 0.5) is 18.9 Å². The van der Waals surface area contributed by atoms with Crippen LogP contribution in [0.25, 0.3) is 0 Å². The van der Waals surface area contributed by atoms with E-state index in [-0.39, 0.29) is 5.69 Å². The van der Waals surface area contributed by atoms with E-state index in [9.17, 15) is 21.6 Å². The van der Waals surface area contributed by atoms with Crippen LogP contribution < -0.4 is 5.32 Å². The van der Waals surface area contributed by atoms with E-state index in [1.807, 2.05) is 25.8 Å². The van der Waals surface area contributed by atoms with Gasteiger partial charge < -0.3 is 10.2 Å². The lowest BCUT2D eigenvalue weighted by atomic mass is 10.3. The first-order valence-electron chi connectivity index (χ1n) is 6.42. The first kappa shape index (κ1) is 17.8. The molecule has 1 aromatic rings. The number of hydrogen-bond donors (Lipinski definition) is 1. The summed E-state index contributed by atoms with van der Waals surface area (Å²) in [5, 5.41) is 2.76. The van der Waals surface area contributed by atoms with Gasteiger partial charge in [-0.25, -0.2) is 8.42 Å². The highest BCUT2D eigenvalue weighted by Crippen LogP contribution is 2.34. The predicted molar refractivity (Wildman–Crippen MR) is 75.9 cm³/mol. The van der Waals surface area contributed by atoms with E-state index in [1.54, 1.807) is 0 Å². The summed E-state index contributed by atoms with van der Waals surface area (Å²) in [6, 6.07) is 5.33. The highest BCUT2D eigenvalue weighted by Gasteiger charge is 2.47. The summed E-state index contributed by atoms with van der Waals surface area (Å²) in [4.78, 5) is 1.25. The number of sulfone groups is 1. The summed E-state index contributed by atoms with van der Waals surface area (Å²) < 4.78 is 60.9. The summed E-state index contributed by atoms with van der Waals surface area (Å²) >= 11 is 0. The van der Waals surface area contributed by atoms with Crippen LogP contribution in [-0.2, 0) is 9.84 Å². The van der Waals surface area contributed by atoms with Gasteiger partial charge in [-0.1, -0.05) is 12.1 Å². The molecule has 0 saturated carbocycles. The molecule has 8 heteroatoms. The number of benzene rings is 1. The molecule has 21 heavy (non-hydrogen) atoms. The van der Waals surface area contributed by atoms with Crippen LogP contribution in [0.2, 0.25) is 0 Å². The van der Waals surface area contributed by atoms with Crippen LogP contribution in [0, 0.1) is 0 Å². The SMILES string of the molecule is CC(C)N(C)CCNc1ccccc1S(=O)(=O)C(F)(F)F. The zero-order chi connectivity index (χ0) is 16.3. The molecule has 0 bridgehead atoms. The number of nitrogens with zero attached hydrogens (tertiary/aromatic N) is 1. The zero-order valence-electron chi connectivity index (χ0n) is 12.1. The predicted octanol–water partition coefficient (Wildman–Crippen LogP) is 2.73. The largest absolute Gasteiger partial charge is 0.501 e. The van der Waals surface area contributed by atoms with Gasteiger partial charge in [-0.3, -0.25) is 0 Å². The van der Waals surface area contributed by atoms with Gasteiger partial charge >= 0.3 is 5.51 Å². The molecule has 0 radical (unpaired) electrons. The topological polar surface area (TPSA) is 49.4 Å². The molecule has 1 N–H and O–H groups in total. The standard InChI is InChI=1S/C13H19F3N2O2S/c1-10(2)18(3)9-8-17-11-6-4-5-7-12(11)21(19,20)13(14,15)16/h4-7,10,17H,8-9H2,1-3H3. The minimum atomic E-state index is -5.35. The van der Waals surface area contributed by atoms with Crippen molar-refractivity contribution >= 4 is 15.5 Å². The van der Waals surface area contributed by atoms with E-state index < -0.39 is 20.2 Å². The van der Waals surface area contributed by atoms with E-state index in [2.05, 4.69) is 5.32 Å². The van der Waals surface area contributed by atoms with Crippen molar-refractivity contribution in [1.29, 1.82) is 0 Å². The molecule has 4 nitrogen and oxygen atoms in total. The van der Waals surface area contributed by atoms with E-state index >= 15 is 0 Å². The van der Waals surface area contributed by atoms with Gasteiger partial charge in [0, 0.05) is 19.1 Å². The van der Waals surface area contributed by atoms with Gasteiger partial charge in [-0.2, -0.15) is 13.2 Å². The second-order valence-corrected chi connectivity index (χ2v) is 6.86. The maximum atomic E-state index is 12.6. The van der Waals surface area contributed by atoms with Crippen molar-refractivity contribution in [1.82, 2.24) is 4.90 Å². The lowest BCUT2D eigenvalue weighted by molar-refractivity contribution is -0.0435. The molecule has 0 unspecified atom stereocenters. The number of anilines is 1. The molecule has 1 aromatic carbocycles. The monoisotopic (exact) mass is 324 g/mol. The van der Waals surface area contributed by atoms with Crippen LogP contribution in [0.3, 0.4) is 0 Å². The number of halogens is 3. The second kappa shape index (κ2) is 6.65. The number of hydrogen-bond acceptors (Lipinski definition) is 4. The van der Waals surface area contributed by atoms with Crippen molar-refractivity contribution < 1.29 is 21.6 Å². The third-order valence-corrected chi connectivity index (χ3v) is 4.69. The van der Waals surface area contributed by atoms with Gasteiger partial charge in [0.15, 0.2) is 0 Å². The zero-order valence-corrected chi connectivity index (χ0v) is 12.9. The van der Waals surface area contributed by atoms with Gasteiger partial charge in [0.25, 0.3) is 9.84 Å². The van der Waals surface area contributed by atoms with Crippen molar-refractivity contribution in [3.05, 3.63) is 24.3 Å². The Labute approximate surface area is 122 Å². The molecule has 0 aliphatic carbocycles. The third-order valence-electron chi connectivity index (χ3n) is 3.14. The van der Waals surface area contributed by atoms with Gasteiger partial charge in [-0.05, 0) is 33.0 Å². The number of alkyl halides is 3. The molecule has 0 amide bonds. The van der Waals surface area contributed by atoms with Crippen molar-refractivity contribution in [2.75, 3.05) is 25.5 Å². The average molecular weight is 324 g/mol. The fourth-order valence-corrected chi connectivity index (χ4v) is 2.53. The Morgan fingerprint density at radius 1 is 1.24 bits per heavy atom. The minimum absolute atomic E-state index is 0.0352. The highest BCUT2D eigenvalue weighted by molar-refractivity contribution is 7.92. The highest BCUT2D eigenvalue weighted by atomic mass is 32.2. The van der Waals surface area contributed by atoms with E-state index in [1.165, 1.54) is 18.2 Å². The summed E-state index contributed by atoms with van der Waals surface area (Å²) in [6.07, 6.45) is 0. The first-order valence-corrected chi connectivity index (χ1v) is 7.90. The molecule has 0 heterocycles. The molecule has 120 valence electrons. The summed E-state index contributed by atoms with van der Waals surface area (Å²) in [6.45, 7) is 4.90. The van der Waals surface area contributed by atoms with Crippen molar-refractivity contribution in [3.8, 4) is 0 Å². The van der Waals surface area contributed by atoms with Crippen molar-refractivity contribution in [2.24, 2.45) is 0 Å². The first-order chi connectivity index (χ1) is 9.57. The molecule has 0 aliphatic heterocycles. The number of para-hydroxylation sites is 1. The smallest absolute Gasteiger partial charge is 0.383 e. The number of likely N-dealkylation sites (N-methyl/N-ethyl adjacent to an activating group) is 1. The van der Waals surface area contributed by atoms with Crippen LogP contribution in [0.15, 0.2) is 29.2 Å². The quantitative estimate of drug-likeness (QED) is 0.874. The van der Waals surface area contributed by atoms with E-state index in [0.717, 1.165) is 6.07 Å². The maximum absolute atomic E-state index is 12.6.